The van der Waals surface area contributed by atoms with Crippen molar-refractivity contribution in [3.63, 3.8) is 0 Å². The van der Waals surface area contributed by atoms with Crippen molar-refractivity contribution in [1.29, 1.82) is 0 Å². The maximum absolute atomic E-state index is 10.8. The Morgan fingerprint density at radius 1 is 1.37 bits per heavy atom. The molecule has 102 valence electrons. The van der Waals surface area contributed by atoms with Crippen LogP contribution in [0.3, 0.4) is 0 Å². The van der Waals surface area contributed by atoms with Crippen LogP contribution >= 0.6 is 0 Å². The number of hydrogen-bond donors (Lipinski definition) is 0. The summed E-state index contributed by atoms with van der Waals surface area (Å²) in [6.07, 6.45) is 7.85. The van der Waals surface area contributed by atoms with Gasteiger partial charge in [-0.15, -0.1) is 0 Å². The Morgan fingerprint density at radius 3 is 2.89 bits per heavy atom. The molecule has 1 aromatic heterocycles. The van der Waals surface area contributed by atoms with E-state index >= 15 is 0 Å². The lowest BCUT2D eigenvalue weighted by Gasteiger charge is -2.32. The van der Waals surface area contributed by atoms with E-state index in [0.29, 0.717) is 11.6 Å². The van der Waals surface area contributed by atoms with E-state index in [2.05, 4.69) is 9.88 Å². The molecule has 2 unspecified atom stereocenters. The fraction of sp³-hybridized carbons (Fsp3) is 0.643. The van der Waals surface area contributed by atoms with E-state index in [1.165, 1.54) is 38.3 Å². The van der Waals surface area contributed by atoms with Crippen LogP contribution in [-0.2, 0) is 0 Å². The van der Waals surface area contributed by atoms with E-state index in [4.69, 9.17) is 0 Å². The third-order valence-corrected chi connectivity index (χ3v) is 4.57. The van der Waals surface area contributed by atoms with E-state index in [1.54, 1.807) is 6.92 Å². The molecule has 1 saturated heterocycles. The van der Waals surface area contributed by atoms with Gasteiger partial charge in [0.15, 0.2) is 0 Å². The summed E-state index contributed by atoms with van der Waals surface area (Å²) in [5.41, 5.74) is 0.817. The van der Waals surface area contributed by atoms with Crippen LogP contribution in [0.1, 0.15) is 37.7 Å². The first-order valence-corrected chi connectivity index (χ1v) is 7.04. The smallest absolute Gasteiger partial charge is 0.290 e. The van der Waals surface area contributed by atoms with Crippen molar-refractivity contribution < 1.29 is 4.92 Å². The molecule has 1 aliphatic carbocycles. The van der Waals surface area contributed by atoms with Crippen LogP contribution in [0.4, 0.5) is 11.5 Å². The highest BCUT2D eigenvalue weighted by Gasteiger charge is 2.36. The average Bonchev–Trinajstić information content (AvgIpc) is 2.82. The quantitative estimate of drug-likeness (QED) is 0.606. The monoisotopic (exact) mass is 261 g/mol. The van der Waals surface area contributed by atoms with Gasteiger partial charge in [-0.25, -0.2) is 4.98 Å². The van der Waals surface area contributed by atoms with Crippen molar-refractivity contribution in [2.24, 2.45) is 5.92 Å². The highest BCUT2D eigenvalue weighted by Crippen LogP contribution is 2.38. The highest BCUT2D eigenvalue weighted by atomic mass is 16.6. The third-order valence-electron chi connectivity index (χ3n) is 4.57. The molecule has 0 aromatic carbocycles. The maximum atomic E-state index is 10.8. The Balaban J connectivity index is 1.86. The van der Waals surface area contributed by atoms with Crippen molar-refractivity contribution >= 4 is 11.5 Å². The Kier molecular flexibility index (Phi) is 3.12. The number of pyridine rings is 1. The summed E-state index contributed by atoms with van der Waals surface area (Å²) in [6, 6.07) is 2.47. The van der Waals surface area contributed by atoms with Crippen molar-refractivity contribution in [2.75, 3.05) is 11.4 Å². The summed E-state index contributed by atoms with van der Waals surface area (Å²) in [6.45, 7) is 2.83. The number of hydrogen-bond acceptors (Lipinski definition) is 4. The van der Waals surface area contributed by atoms with Gasteiger partial charge in [-0.2, -0.15) is 0 Å². The minimum atomic E-state index is -0.362. The normalized spacial score (nSPS) is 26.3. The zero-order valence-corrected chi connectivity index (χ0v) is 11.2. The first kappa shape index (κ1) is 12.4. The molecule has 0 N–H and O–H groups in total. The van der Waals surface area contributed by atoms with Crippen LogP contribution in [0.2, 0.25) is 0 Å². The number of nitrogens with zero attached hydrogens (tertiary/aromatic N) is 3. The predicted octanol–water partition coefficient (Wildman–Crippen LogP) is 3.07. The van der Waals surface area contributed by atoms with Crippen LogP contribution in [0.25, 0.3) is 0 Å². The van der Waals surface area contributed by atoms with Gasteiger partial charge in [-0.1, -0.05) is 12.8 Å². The van der Waals surface area contributed by atoms with Crippen LogP contribution in [0, 0.1) is 23.0 Å². The second-order valence-corrected chi connectivity index (χ2v) is 5.68. The maximum Gasteiger partial charge on any atom is 0.290 e. The molecular weight excluding hydrogens is 242 g/mol. The molecule has 1 aliphatic heterocycles. The highest BCUT2D eigenvalue weighted by molar-refractivity contribution is 5.50. The lowest BCUT2D eigenvalue weighted by atomic mass is 9.85. The van der Waals surface area contributed by atoms with Gasteiger partial charge in [-0.05, 0) is 38.2 Å². The molecule has 2 atom stereocenters. The molecule has 0 spiro atoms. The van der Waals surface area contributed by atoms with Crippen molar-refractivity contribution in [1.82, 2.24) is 4.98 Å². The van der Waals surface area contributed by atoms with Crippen LogP contribution in [-0.4, -0.2) is 22.5 Å². The first-order chi connectivity index (χ1) is 9.16. The van der Waals surface area contributed by atoms with Gasteiger partial charge in [0.2, 0.25) is 0 Å². The van der Waals surface area contributed by atoms with Gasteiger partial charge in [0, 0.05) is 18.2 Å². The average molecular weight is 261 g/mol. The summed E-state index contributed by atoms with van der Waals surface area (Å²) in [4.78, 5) is 17.2. The zero-order valence-electron chi connectivity index (χ0n) is 11.2. The second-order valence-electron chi connectivity index (χ2n) is 5.68. The number of rotatable bonds is 2. The van der Waals surface area contributed by atoms with Gasteiger partial charge < -0.3 is 4.90 Å². The lowest BCUT2D eigenvalue weighted by molar-refractivity contribution is -0.385. The Hall–Kier alpha value is -1.65. The molecule has 5 heteroatoms. The van der Waals surface area contributed by atoms with Gasteiger partial charge in [0.1, 0.15) is 12.0 Å². The molecule has 0 amide bonds. The number of anilines is 1. The standard InChI is InChI=1S/C14H19N3O2/c1-10-8-14(15-9-13(10)17(18)19)16-7-6-11-4-2-3-5-12(11)16/h8-9,11-12H,2-7H2,1H3. The number of nitro groups is 1. The zero-order chi connectivity index (χ0) is 13.4. The van der Waals surface area contributed by atoms with E-state index in [-0.39, 0.29) is 10.6 Å². The predicted molar refractivity (Wildman–Crippen MR) is 73.3 cm³/mol. The summed E-state index contributed by atoms with van der Waals surface area (Å²) < 4.78 is 0. The van der Waals surface area contributed by atoms with Gasteiger partial charge in [0.25, 0.3) is 5.69 Å². The first-order valence-electron chi connectivity index (χ1n) is 7.04. The molecule has 3 rings (SSSR count). The minimum absolute atomic E-state index is 0.114. The molecule has 19 heavy (non-hydrogen) atoms. The number of fused-ring (bicyclic) bond motifs is 1. The molecule has 0 bridgehead atoms. The lowest BCUT2D eigenvalue weighted by Crippen LogP contribution is -2.35. The van der Waals surface area contributed by atoms with Crippen LogP contribution in [0.15, 0.2) is 12.3 Å². The van der Waals surface area contributed by atoms with Crippen molar-refractivity contribution in [2.45, 2.75) is 45.1 Å². The molecule has 0 radical (unpaired) electrons. The summed E-state index contributed by atoms with van der Waals surface area (Å²) in [7, 11) is 0. The Labute approximate surface area is 112 Å². The van der Waals surface area contributed by atoms with Crippen molar-refractivity contribution in [3.8, 4) is 0 Å². The van der Waals surface area contributed by atoms with Crippen molar-refractivity contribution in [3.05, 3.63) is 27.9 Å². The van der Waals surface area contributed by atoms with Gasteiger partial charge in [-0.3, -0.25) is 10.1 Å². The number of aryl methyl sites for hydroxylation is 1. The van der Waals surface area contributed by atoms with Gasteiger partial charge in [0.05, 0.1) is 4.92 Å². The topological polar surface area (TPSA) is 59.3 Å². The van der Waals surface area contributed by atoms with Gasteiger partial charge >= 0.3 is 0 Å². The fourth-order valence-electron chi connectivity index (χ4n) is 3.57. The summed E-state index contributed by atoms with van der Waals surface area (Å²) >= 11 is 0. The van der Waals surface area contributed by atoms with E-state index in [9.17, 15) is 10.1 Å². The molecule has 2 heterocycles. The Bertz CT molecular complexity index is 503. The minimum Gasteiger partial charge on any atom is -0.353 e. The SMILES string of the molecule is Cc1cc(N2CCC3CCCCC32)ncc1[N+](=O)[O-]. The Morgan fingerprint density at radius 2 is 2.16 bits per heavy atom. The fourth-order valence-corrected chi connectivity index (χ4v) is 3.57. The molecule has 1 saturated carbocycles. The molecular formula is C14H19N3O2. The largest absolute Gasteiger partial charge is 0.353 e. The number of aromatic nitrogens is 1. The van der Waals surface area contributed by atoms with E-state index in [1.807, 2.05) is 6.07 Å². The molecule has 2 fully saturated rings. The van der Waals surface area contributed by atoms with E-state index < -0.39 is 0 Å². The molecule has 1 aromatic rings. The van der Waals surface area contributed by atoms with E-state index in [0.717, 1.165) is 18.3 Å². The summed E-state index contributed by atoms with van der Waals surface area (Å²) in [5.74, 6) is 1.71. The second kappa shape index (κ2) is 4.79. The summed E-state index contributed by atoms with van der Waals surface area (Å²) in [5, 5.41) is 10.8. The van der Waals surface area contributed by atoms with Crippen LogP contribution in [0.5, 0.6) is 0 Å². The molecule has 2 aliphatic rings. The van der Waals surface area contributed by atoms with Crippen LogP contribution < -0.4 is 4.90 Å². The molecule has 5 nitrogen and oxygen atoms in total. The third kappa shape index (κ3) is 2.17.